The lowest BCUT2D eigenvalue weighted by molar-refractivity contribution is 0.175. The molecule has 2 unspecified atom stereocenters. The molecule has 0 fully saturated rings. The van der Waals surface area contributed by atoms with Gasteiger partial charge in [0.2, 0.25) is 10.0 Å². The second-order valence-corrected chi connectivity index (χ2v) is 6.46. The predicted molar refractivity (Wildman–Crippen MR) is 71.6 cm³/mol. The van der Waals surface area contributed by atoms with Crippen molar-refractivity contribution in [3.05, 3.63) is 23.5 Å². The van der Waals surface area contributed by atoms with Crippen LogP contribution in [0.25, 0.3) is 0 Å². The quantitative estimate of drug-likeness (QED) is 0.709. The van der Waals surface area contributed by atoms with Crippen LogP contribution in [0.1, 0.15) is 25.8 Å². The van der Waals surface area contributed by atoms with Crippen molar-refractivity contribution >= 4 is 15.7 Å². The number of hydrogen-bond acceptors (Lipinski definition) is 4. The van der Waals surface area contributed by atoms with E-state index in [0.29, 0.717) is 0 Å². The summed E-state index contributed by atoms with van der Waals surface area (Å²) in [6, 6.07) is 1.87. The van der Waals surface area contributed by atoms with Gasteiger partial charge in [-0.2, -0.15) is 0 Å². The van der Waals surface area contributed by atoms with Crippen LogP contribution >= 0.6 is 0 Å². The number of anilines is 1. The first-order chi connectivity index (χ1) is 8.63. The normalized spacial score (nSPS) is 15.2. The van der Waals surface area contributed by atoms with Crippen molar-refractivity contribution in [1.29, 1.82) is 0 Å². The molecule has 0 aliphatic rings. The summed E-state index contributed by atoms with van der Waals surface area (Å²) in [6.45, 7) is 4.67. The Morgan fingerprint density at radius 3 is 2.47 bits per heavy atom. The summed E-state index contributed by atoms with van der Waals surface area (Å²) in [6.07, 6.45) is -0.327. The van der Waals surface area contributed by atoms with Crippen molar-refractivity contribution in [2.24, 2.45) is 0 Å². The third kappa shape index (κ3) is 4.15. The largest absolute Gasteiger partial charge is 0.396 e. The third-order valence-electron chi connectivity index (χ3n) is 2.62. The maximum Gasteiger partial charge on any atom is 0.240 e. The topological polar surface area (TPSA) is 92.4 Å². The SMILES string of the molecule is Cc1cc(S(=O)(=O)NC(C)CC(C)O)cc(N)c1F. The Bertz CT molecular complexity index is 535. The zero-order valence-electron chi connectivity index (χ0n) is 11.1. The van der Waals surface area contributed by atoms with E-state index < -0.39 is 28.0 Å². The Hall–Kier alpha value is -1.18. The second-order valence-electron chi connectivity index (χ2n) is 4.75. The molecule has 5 nitrogen and oxygen atoms in total. The highest BCUT2D eigenvalue weighted by Crippen LogP contribution is 2.21. The molecule has 2 atom stereocenters. The van der Waals surface area contributed by atoms with Gasteiger partial charge in [-0.05, 0) is 44.9 Å². The molecule has 0 spiro atoms. The first-order valence-corrected chi connectivity index (χ1v) is 7.38. The van der Waals surface area contributed by atoms with Gasteiger partial charge >= 0.3 is 0 Å². The molecule has 1 rings (SSSR count). The molecule has 0 radical (unpaired) electrons. The summed E-state index contributed by atoms with van der Waals surface area (Å²) in [7, 11) is -3.77. The maximum absolute atomic E-state index is 13.4. The van der Waals surface area contributed by atoms with Crippen molar-refractivity contribution in [2.45, 2.75) is 44.2 Å². The number of nitrogens with two attached hydrogens (primary N) is 1. The summed E-state index contributed by atoms with van der Waals surface area (Å²) < 4.78 is 39.9. The molecule has 0 aliphatic heterocycles. The zero-order chi connectivity index (χ0) is 14.8. The van der Waals surface area contributed by atoms with Crippen molar-refractivity contribution in [1.82, 2.24) is 4.72 Å². The van der Waals surface area contributed by atoms with Crippen LogP contribution in [-0.4, -0.2) is 25.7 Å². The molecule has 7 heteroatoms. The fraction of sp³-hybridized carbons (Fsp3) is 0.500. The van der Waals surface area contributed by atoms with Crippen molar-refractivity contribution in [3.63, 3.8) is 0 Å². The van der Waals surface area contributed by atoms with E-state index in [1.165, 1.54) is 13.0 Å². The van der Waals surface area contributed by atoms with Crippen LogP contribution in [0, 0.1) is 12.7 Å². The van der Waals surface area contributed by atoms with E-state index >= 15 is 0 Å². The van der Waals surface area contributed by atoms with E-state index in [1.807, 2.05) is 0 Å². The minimum absolute atomic E-state index is 0.0821. The maximum atomic E-state index is 13.4. The molecule has 0 amide bonds. The average Bonchev–Trinajstić information content (AvgIpc) is 2.22. The molecular formula is C12H19FN2O3S. The fourth-order valence-corrected chi connectivity index (χ4v) is 3.19. The smallest absolute Gasteiger partial charge is 0.240 e. The lowest BCUT2D eigenvalue weighted by Crippen LogP contribution is -2.34. The third-order valence-corrected chi connectivity index (χ3v) is 4.19. The summed E-state index contributed by atoms with van der Waals surface area (Å²) in [5.41, 5.74) is 5.39. The molecule has 1 aromatic carbocycles. The Labute approximate surface area is 112 Å². The molecule has 108 valence electrons. The van der Waals surface area contributed by atoms with E-state index in [4.69, 9.17) is 5.73 Å². The minimum atomic E-state index is -3.77. The number of nitrogen functional groups attached to an aromatic ring is 1. The van der Waals surface area contributed by atoms with Crippen LogP contribution in [0.5, 0.6) is 0 Å². The Balaban J connectivity index is 3.01. The van der Waals surface area contributed by atoms with Gasteiger partial charge in [0.05, 0.1) is 16.7 Å². The number of sulfonamides is 1. The molecule has 19 heavy (non-hydrogen) atoms. The fourth-order valence-electron chi connectivity index (χ4n) is 1.81. The van der Waals surface area contributed by atoms with Gasteiger partial charge in [0, 0.05) is 6.04 Å². The van der Waals surface area contributed by atoms with Gasteiger partial charge in [-0.25, -0.2) is 17.5 Å². The summed E-state index contributed by atoms with van der Waals surface area (Å²) in [5.74, 6) is -0.615. The molecule has 0 bridgehead atoms. The van der Waals surface area contributed by atoms with E-state index in [9.17, 15) is 17.9 Å². The number of benzene rings is 1. The number of nitrogens with one attached hydrogen (secondary N) is 1. The Kier molecular flexibility index (Phi) is 4.89. The van der Waals surface area contributed by atoms with Gasteiger partial charge in [0.1, 0.15) is 5.82 Å². The number of hydrogen-bond donors (Lipinski definition) is 3. The summed E-state index contributed by atoms with van der Waals surface area (Å²) in [4.78, 5) is -0.0821. The van der Waals surface area contributed by atoms with Crippen LogP contribution in [0.15, 0.2) is 17.0 Å². The van der Waals surface area contributed by atoms with Gasteiger partial charge in [-0.3, -0.25) is 0 Å². The number of halogens is 1. The van der Waals surface area contributed by atoms with E-state index in [2.05, 4.69) is 4.72 Å². The first-order valence-electron chi connectivity index (χ1n) is 5.89. The van der Waals surface area contributed by atoms with Crippen molar-refractivity contribution < 1.29 is 17.9 Å². The average molecular weight is 290 g/mol. The molecule has 1 aromatic rings. The number of rotatable bonds is 5. The van der Waals surface area contributed by atoms with Crippen LogP contribution in [0.4, 0.5) is 10.1 Å². The second kappa shape index (κ2) is 5.85. The van der Waals surface area contributed by atoms with Gasteiger partial charge < -0.3 is 10.8 Å². The molecule has 0 heterocycles. The van der Waals surface area contributed by atoms with Gasteiger partial charge in [0.25, 0.3) is 0 Å². The predicted octanol–water partition coefficient (Wildman–Crippen LogP) is 1.15. The van der Waals surface area contributed by atoms with E-state index in [-0.39, 0.29) is 22.6 Å². The zero-order valence-corrected chi connectivity index (χ0v) is 12.0. The Morgan fingerprint density at radius 1 is 1.42 bits per heavy atom. The highest BCUT2D eigenvalue weighted by atomic mass is 32.2. The van der Waals surface area contributed by atoms with Gasteiger partial charge in [0.15, 0.2) is 0 Å². The number of aryl methyl sites for hydroxylation is 1. The van der Waals surface area contributed by atoms with Crippen molar-refractivity contribution in [3.8, 4) is 0 Å². The van der Waals surface area contributed by atoms with E-state index in [0.717, 1.165) is 6.07 Å². The van der Waals surface area contributed by atoms with Crippen LogP contribution in [0.2, 0.25) is 0 Å². The highest BCUT2D eigenvalue weighted by molar-refractivity contribution is 7.89. The van der Waals surface area contributed by atoms with Crippen LogP contribution in [-0.2, 0) is 10.0 Å². The number of aliphatic hydroxyl groups is 1. The summed E-state index contributed by atoms with van der Waals surface area (Å²) in [5, 5.41) is 9.21. The molecule has 0 saturated carbocycles. The monoisotopic (exact) mass is 290 g/mol. The highest BCUT2D eigenvalue weighted by Gasteiger charge is 2.20. The number of aliphatic hydroxyl groups excluding tert-OH is 1. The molecular weight excluding hydrogens is 271 g/mol. The van der Waals surface area contributed by atoms with Crippen LogP contribution in [0.3, 0.4) is 0 Å². The van der Waals surface area contributed by atoms with Crippen molar-refractivity contribution in [2.75, 3.05) is 5.73 Å². The summed E-state index contributed by atoms with van der Waals surface area (Å²) >= 11 is 0. The molecule has 0 aliphatic carbocycles. The lowest BCUT2D eigenvalue weighted by Gasteiger charge is -2.16. The molecule has 0 aromatic heterocycles. The molecule has 4 N–H and O–H groups in total. The lowest BCUT2D eigenvalue weighted by atomic mass is 10.2. The minimum Gasteiger partial charge on any atom is -0.396 e. The standard InChI is InChI=1S/C12H19FN2O3S/c1-7-4-10(6-11(14)12(7)13)19(17,18)15-8(2)5-9(3)16/h4,6,8-9,15-16H,5,14H2,1-3H3. The van der Waals surface area contributed by atoms with E-state index in [1.54, 1.807) is 13.8 Å². The van der Waals surface area contributed by atoms with Crippen LogP contribution < -0.4 is 10.5 Å². The first kappa shape index (κ1) is 15.9. The molecule has 0 saturated heterocycles. The Morgan fingerprint density at radius 2 is 2.00 bits per heavy atom. The van der Waals surface area contributed by atoms with Gasteiger partial charge in [-0.15, -0.1) is 0 Å². The van der Waals surface area contributed by atoms with Gasteiger partial charge in [-0.1, -0.05) is 0 Å².